The van der Waals surface area contributed by atoms with Gasteiger partial charge in [-0.15, -0.1) is 0 Å². The summed E-state index contributed by atoms with van der Waals surface area (Å²) in [6.45, 7) is 10.3. The third-order valence-corrected chi connectivity index (χ3v) is 4.25. The predicted molar refractivity (Wildman–Crippen MR) is 95.1 cm³/mol. The molecule has 0 saturated carbocycles. The molecule has 0 aromatic heterocycles. The monoisotopic (exact) mass is 356 g/mol. The molecule has 1 rings (SSSR count). The quantitative estimate of drug-likeness (QED) is 0.635. The Hall–Kier alpha value is -0.580. The summed E-state index contributed by atoms with van der Waals surface area (Å²) in [5, 5.41) is 3.51. The number of rotatable bonds is 10. The lowest BCUT2D eigenvalue weighted by atomic mass is 10.1. The molecule has 0 aliphatic heterocycles. The highest BCUT2D eigenvalue weighted by Crippen LogP contribution is 2.27. The van der Waals surface area contributed by atoms with Gasteiger partial charge in [0.25, 0.3) is 0 Å². The first-order valence-electron chi connectivity index (χ1n) is 7.88. The van der Waals surface area contributed by atoms with Gasteiger partial charge in [-0.2, -0.15) is 0 Å². The van der Waals surface area contributed by atoms with Gasteiger partial charge in [0, 0.05) is 36.4 Å². The summed E-state index contributed by atoms with van der Waals surface area (Å²) in [6.07, 6.45) is 2.28. The Morgan fingerprint density at radius 1 is 1.33 bits per heavy atom. The van der Waals surface area contributed by atoms with Gasteiger partial charge >= 0.3 is 0 Å². The Labute approximate surface area is 138 Å². The molecule has 0 aliphatic rings. The van der Waals surface area contributed by atoms with Crippen molar-refractivity contribution in [1.82, 2.24) is 5.32 Å². The third kappa shape index (κ3) is 5.97. The van der Waals surface area contributed by atoms with Crippen molar-refractivity contribution in [3.63, 3.8) is 0 Å². The highest BCUT2D eigenvalue weighted by molar-refractivity contribution is 9.10. The minimum absolute atomic E-state index is 0.506. The summed E-state index contributed by atoms with van der Waals surface area (Å²) in [5.41, 5.74) is 2.66. The molecule has 0 bridgehead atoms. The van der Waals surface area contributed by atoms with Crippen LogP contribution in [0, 0.1) is 0 Å². The van der Waals surface area contributed by atoms with E-state index in [0.717, 1.165) is 43.6 Å². The molecule has 0 amide bonds. The van der Waals surface area contributed by atoms with Gasteiger partial charge in [0.15, 0.2) is 0 Å². The van der Waals surface area contributed by atoms with Gasteiger partial charge < -0.3 is 15.0 Å². The van der Waals surface area contributed by atoms with E-state index in [2.05, 4.69) is 65.1 Å². The SMILES string of the molecule is CCCNCc1cc(Br)ccc1N(CCOC)C(C)CC. The fraction of sp³-hybridized carbons (Fsp3) is 0.647. The zero-order valence-corrected chi connectivity index (χ0v) is 15.4. The minimum Gasteiger partial charge on any atom is -0.383 e. The van der Waals surface area contributed by atoms with Crippen LogP contribution in [0.1, 0.15) is 39.2 Å². The van der Waals surface area contributed by atoms with Crippen molar-refractivity contribution in [3.8, 4) is 0 Å². The van der Waals surface area contributed by atoms with Crippen LogP contribution in [0.15, 0.2) is 22.7 Å². The first-order valence-corrected chi connectivity index (χ1v) is 8.68. The summed E-state index contributed by atoms with van der Waals surface area (Å²) in [7, 11) is 1.76. The molecule has 1 N–H and O–H groups in total. The van der Waals surface area contributed by atoms with Crippen molar-refractivity contribution in [2.75, 3.05) is 31.7 Å². The molecule has 0 spiro atoms. The number of benzene rings is 1. The second kappa shape index (κ2) is 10.2. The first kappa shape index (κ1) is 18.5. The molecular weight excluding hydrogens is 328 g/mol. The highest BCUT2D eigenvalue weighted by atomic mass is 79.9. The molecule has 4 heteroatoms. The van der Waals surface area contributed by atoms with E-state index < -0.39 is 0 Å². The van der Waals surface area contributed by atoms with E-state index in [0.29, 0.717) is 6.04 Å². The minimum atomic E-state index is 0.506. The van der Waals surface area contributed by atoms with Crippen molar-refractivity contribution < 1.29 is 4.74 Å². The van der Waals surface area contributed by atoms with Gasteiger partial charge in [0.1, 0.15) is 0 Å². The second-order valence-electron chi connectivity index (χ2n) is 5.39. The Kier molecular flexibility index (Phi) is 8.97. The molecule has 0 heterocycles. The van der Waals surface area contributed by atoms with E-state index in [1.165, 1.54) is 11.3 Å². The van der Waals surface area contributed by atoms with Crippen LogP contribution < -0.4 is 10.2 Å². The number of nitrogens with zero attached hydrogens (tertiary/aromatic N) is 1. The van der Waals surface area contributed by atoms with Crippen LogP contribution in [0.3, 0.4) is 0 Å². The van der Waals surface area contributed by atoms with Gasteiger partial charge in [-0.25, -0.2) is 0 Å². The third-order valence-electron chi connectivity index (χ3n) is 3.75. The first-order chi connectivity index (χ1) is 10.1. The molecule has 1 aromatic carbocycles. The van der Waals surface area contributed by atoms with Crippen molar-refractivity contribution in [2.45, 2.75) is 46.2 Å². The lowest BCUT2D eigenvalue weighted by Gasteiger charge is -2.32. The van der Waals surface area contributed by atoms with Gasteiger partial charge in [-0.05, 0) is 50.1 Å². The van der Waals surface area contributed by atoms with Crippen LogP contribution in [0.2, 0.25) is 0 Å². The number of methoxy groups -OCH3 is 1. The molecule has 1 aromatic rings. The maximum absolute atomic E-state index is 5.28. The number of hydrogen-bond donors (Lipinski definition) is 1. The number of ether oxygens (including phenoxy) is 1. The summed E-state index contributed by atoms with van der Waals surface area (Å²) in [4.78, 5) is 2.46. The van der Waals surface area contributed by atoms with E-state index in [-0.39, 0.29) is 0 Å². The summed E-state index contributed by atoms with van der Waals surface area (Å²) >= 11 is 3.59. The fourth-order valence-corrected chi connectivity index (χ4v) is 2.77. The molecule has 1 unspecified atom stereocenters. The maximum atomic E-state index is 5.28. The summed E-state index contributed by atoms with van der Waals surface area (Å²) < 4.78 is 6.42. The van der Waals surface area contributed by atoms with Crippen LogP contribution >= 0.6 is 15.9 Å². The smallest absolute Gasteiger partial charge is 0.0637 e. The van der Waals surface area contributed by atoms with Crippen LogP contribution in [0.25, 0.3) is 0 Å². The largest absolute Gasteiger partial charge is 0.383 e. The van der Waals surface area contributed by atoms with Crippen molar-refractivity contribution in [1.29, 1.82) is 0 Å². The Bertz CT molecular complexity index is 412. The van der Waals surface area contributed by atoms with Gasteiger partial charge in [-0.3, -0.25) is 0 Å². The van der Waals surface area contributed by atoms with Crippen LogP contribution in [0.5, 0.6) is 0 Å². The van der Waals surface area contributed by atoms with Crippen molar-refractivity contribution >= 4 is 21.6 Å². The molecule has 0 fully saturated rings. The van der Waals surface area contributed by atoms with E-state index in [4.69, 9.17) is 4.74 Å². The number of hydrogen-bond acceptors (Lipinski definition) is 3. The van der Waals surface area contributed by atoms with Crippen LogP contribution in [0.4, 0.5) is 5.69 Å². The average molecular weight is 357 g/mol. The normalized spacial score (nSPS) is 12.4. The zero-order valence-electron chi connectivity index (χ0n) is 13.8. The molecule has 1 atom stereocenters. The van der Waals surface area contributed by atoms with E-state index >= 15 is 0 Å². The van der Waals surface area contributed by atoms with E-state index in [9.17, 15) is 0 Å². The topological polar surface area (TPSA) is 24.5 Å². The van der Waals surface area contributed by atoms with Crippen LogP contribution in [-0.2, 0) is 11.3 Å². The molecule has 21 heavy (non-hydrogen) atoms. The summed E-state index contributed by atoms with van der Waals surface area (Å²) in [5.74, 6) is 0. The Morgan fingerprint density at radius 3 is 2.71 bits per heavy atom. The Morgan fingerprint density at radius 2 is 2.10 bits per heavy atom. The lowest BCUT2D eigenvalue weighted by Crippen LogP contribution is -2.36. The highest BCUT2D eigenvalue weighted by Gasteiger charge is 2.16. The van der Waals surface area contributed by atoms with Crippen molar-refractivity contribution in [2.24, 2.45) is 0 Å². The zero-order chi connectivity index (χ0) is 15.7. The van der Waals surface area contributed by atoms with Gasteiger partial charge in [0.2, 0.25) is 0 Å². The molecule has 120 valence electrons. The standard InChI is InChI=1S/C17H29BrN2O/c1-5-9-19-13-15-12-16(18)7-8-17(15)20(10-11-21-4)14(3)6-2/h7-8,12,14,19H,5-6,9-11,13H2,1-4H3. The van der Waals surface area contributed by atoms with Gasteiger partial charge in [-0.1, -0.05) is 29.8 Å². The average Bonchev–Trinajstić information content (AvgIpc) is 2.49. The number of nitrogens with one attached hydrogen (secondary N) is 1. The molecule has 3 nitrogen and oxygen atoms in total. The van der Waals surface area contributed by atoms with E-state index in [1.807, 2.05) is 0 Å². The van der Waals surface area contributed by atoms with E-state index in [1.54, 1.807) is 7.11 Å². The molecule has 0 aliphatic carbocycles. The molecule has 0 radical (unpaired) electrons. The van der Waals surface area contributed by atoms with Crippen LogP contribution in [-0.4, -0.2) is 32.8 Å². The van der Waals surface area contributed by atoms with Gasteiger partial charge in [0.05, 0.1) is 6.61 Å². The maximum Gasteiger partial charge on any atom is 0.0637 e. The predicted octanol–water partition coefficient (Wildman–Crippen LogP) is 4.20. The number of anilines is 1. The number of halogens is 1. The Balaban J connectivity index is 2.98. The lowest BCUT2D eigenvalue weighted by molar-refractivity contribution is 0.203. The van der Waals surface area contributed by atoms with Crippen molar-refractivity contribution in [3.05, 3.63) is 28.2 Å². The summed E-state index contributed by atoms with van der Waals surface area (Å²) in [6, 6.07) is 7.07. The fourth-order valence-electron chi connectivity index (χ4n) is 2.36. The second-order valence-corrected chi connectivity index (χ2v) is 6.31. The molecular formula is C17H29BrN2O. The molecule has 0 saturated heterocycles.